The Morgan fingerprint density at radius 3 is 2.16 bits per heavy atom. The first-order chi connectivity index (χ1) is 24.6. The molecule has 0 heterocycles. The van der Waals surface area contributed by atoms with Crippen LogP contribution in [0, 0.1) is 5.82 Å². The van der Waals surface area contributed by atoms with Crippen LogP contribution in [0.5, 0.6) is 17.2 Å². The van der Waals surface area contributed by atoms with Gasteiger partial charge in [-0.2, -0.15) is 0 Å². The summed E-state index contributed by atoms with van der Waals surface area (Å²) in [6, 6.07) is 24.5. The van der Waals surface area contributed by atoms with Gasteiger partial charge < -0.3 is 24.4 Å². The Bertz CT molecular complexity index is 1880. The lowest BCUT2D eigenvalue weighted by Crippen LogP contribution is -2.55. The van der Waals surface area contributed by atoms with E-state index in [4.69, 9.17) is 14.2 Å². The Balaban J connectivity index is 1.59. The molecule has 1 fully saturated rings. The molecule has 0 aromatic heterocycles. The highest BCUT2D eigenvalue weighted by Gasteiger charge is 2.36. The van der Waals surface area contributed by atoms with Gasteiger partial charge in [0.1, 0.15) is 24.2 Å². The van der Waals surface area contributed by atoms with Gasteiger partial charge in [0.2, 0.25) is 11.8 Å². The summed E-state index contributed by atoms with van der Waals surface area (Å²) in [6.45, 7) is -0.701. The molecule has 4 aromatic rings. The van der Waals surface area contributed by atoms with E-state index in [1.165, 1.54) is 56.6 Å². The van der Waals surface area contributed by atoms with Crippen LogP contribution in [0.3, 0.4) is 0 Å². The number of hydrogen-bond acceptors (Lipinski definition) is 7. The number of sulfonamides is 1. The lowest BCUT2D eigenvalue weighted by atomic mass is 9.94. The van der Waals surface area contributed by atoms with Crippen molar-refractivity contribution in [3.8, 4) is 17.2 Å². The number of rotatable bonds is 15. The molecule has 0 saturated heterocycles. The van der Waals surface area contributed by atoms with Crippen molar-refractivity contribution in [1.29, 1.82) is 0 Å². The van der Waals surface area contributed by atoms with Gasteiger partial charge in [0.15, 0.2) is 11.5 Å². The van der Waals surface area contributed by atoms with E-state index in [-0.39, 0.29) is 41.2 Å². The monoisotopic (exact) mass is 717 g/mol. The molecule has 1 atom stereocenters. The highest BCUT2D eigenvalue weighted by molar-refractivity contribution is 7.92. The average molecular weight is 718 g/mol. The molecule has 0 spiro atoms. The van der Waals surface area contributed by atoms with Gasteiger partial charge in [0, 0.05) is 25.1 Å². The van der Waals surface area contributed by atoms with Crippen LogP contribution in [-0.2, 0) is 32.6 Å². The fourth-order valence-electron chi connectivity index (χ4n) is 6.31. The smallest absolute Gasteiger partial charge is 0.264 e. The van der Waals surface area contributed by atoms with Gasteiger partial charge in [-0.25, -0.2) is 12.8 Å². The van der Waals surface area contributed by atoms with Gasteiger partial charge in [0.05, 0.1) is 31.9 Å². The molecule has 1 N–H and O–H groups in total. The first-order valence-corrected chi connectivity index (χ1v) is 18.3. The first kappa shape index (κ1) is 37.2. The lowest BCUT2D eigenvalue weighted by Gasteiger charge is -2.35. The number of carbonyl (C=O) groups excluding carboxylic acids is 2. The second-order valence-corrected chi connectivity index (χ2v) is 14.3. The van der Waals surface area contributed by atoms with Gasteiger partial charge in [-0.05, 0) is 72.5 Å². The molecule has 1 saturated carbocycles. The standard InChI is InChI=1S/C39H44FN3O7S/c1-48-33-16-10-13-29(23-33)26-42(35(24-28-11-6-4-7-12-28)39(45)41-31-14-8-5-9-15-31)38(44)27-43(32-19-17-30(40)18-20-32)51(46,47)34-21-22-36(49-2)37(25-34)50-3/h4,6-7,10-13,16-23,25,31,35H,5,8-9,14-15,24,26-27H2,1-3H3,(H,41,45)/t35-/m1/s1. The Kier molecular flexibility index (Phi) is 12.5. The molecule has 270 valence electrons. The SMILES string of the molecule is COc1cccc(CN(C(=O)CN(c2ccc(F)cc2)S(=O)(=O)c2ccc(OC)c(OC)c2)[C@H](Cc2ccccc2)C(=O)NC2CCCCC2)c1. The molecule has 2 amide bonds. The van der Waals surface area contributed by atoms with Crippen LogP contribution in [0.4, 0.5) is 10.1 Å². The molecule has 5 rings (SSSR count). The zero-order valence-corrected chi connectivity index (χ0v) is 29.9. The quantitative estimate of drug-likeness (QED) is 0.157. The number of carbonyl (C=O) groups is 2. The second kappa shape index (κ2) is 17.2. The number of methoxy groups -OCH3 is 3. The average Bonchev–Trinajstić information content (AvgIpc) is 3.16. The minimum absolute atomic E-state index is 0.0146. The Hall–Kier alpha value is -5.10. The number of hydrogen-bond donors (Lipinski definition) is 1. The molecular weight excluding hydrogens is 674 g/mol. The molecule has 4 aromatic carbocycles. The third kappa shape index (κ3) is 9.37. The van der Waals surface area contributed by atoms with Crippen molar-refractivity contribution >= 4 is 27.5 Å². The van der Waals surface area contributed by atoms with Crippen LogP contribution in [-0.4, -0.2) is 65.1 Å². The molecule has 1 aliphatic rings. The summed E-state index contributed by atoms with van der Waals surface area (Å²) in [6.07, 6.45) is 4.98. The number of benzene rings is 4. The van der Waals surface area contributed by atoms with Crippen LogP contribution in [0.25, 0.3) is 0 Å². The summed E-state index contributed by atoms with van der Waals surface area (Å²) in [5, 5.41) is 3.20. The predicted molar refractivity (Wildman–Crippen MR) is 193 cm³/mol. The topological polar surface area (TPSA) is 114 Å². The Morgan fingerprint density at radius 2 is 1.49 bits per heavy atom. The third-order valence-electron chi connectivity index (χ3n) is 9.05. The van der Waals surface area contributed by atoms with Gasteiger partial charge in [-0.3, -0.25) is 13.9 Å². The van der Waals surface area contributed by atoms with Gasteiger partial charge in [0.25, 0.3) is 10.0 Å². The Labute approximate surface area is 299 Å². The molecule has 0 bridgehead atoms. The minimum atomic E-state index is -4.46. The summed E-state index contributed by atoms with van der Waals surface area (Å²) in [7, 11) is -0.0984. The summed E-state index contributed by atoms with van der Waals surface area (Å²) in [4.78, 5) is 30.3. The molecule has 12 heteroatoms. The predicted octanol–water partition coefficient (Wildman–Crippen LogP) is 6.14. The summed E-state index contributed by atoms with van der Waals surface area (Å²) < 4.78 is 60.0. The lowest BCUT2D eigenvalue weighted by molar-refractivity contribution is -0.140. The number of halogens is 1. The summed E-state index contributed by atoms with van der Waals surface area (Å²) in [5.74, 6) is -0.474. The number of amides is 2. The minimum Gasteiger partial charge on any atom is -0.497 e. The van der Waals surface area contributed by atoms with Crippen molar-refractivity contribution in [2.24, 2.45) is 0 Å². The van der Waals surface area contributed by atoms with Crippen LogP contribution in [0.1, 0.15) is 43.2 Å². The van der Waals surface area contributed by atoms with E-state index in [9.17, 15) is 22.4 Å². The van der Waals surface area contributed by atoms with Gasteiger partial charge in [-0.15, -0.1) is 0 Å². The van der Waals surface area contributed by atoms with E-state index in [0.29, 0.717) is 17.1 Å². The van der Waals surface area contributed by atoms with Crippen molar-refractivity contribution < 1.29 is 36.6 Å². The summed E-state index contributed by atoms with van der Waals surface area (Å²) in [5.41, 5.74) is 1.58. The maximum absolute atomic E-state index is 14.8. The normalized spacial score (nSPS) is 13.9. The molecule has 0 unspecified atom stereocenters. The number of anilines is 1. The van der Waals surface area contributed by atoms with Crippen LogP contribution in [0.15, 0.2) is 102 Å². The van der Waals surface area contributed by atoms with E-state index in [2.05, 4.69) is 5.32 Å². The highest BCUT2D eigenvalue weighted by atomic mass is 32.2. The van der Waals surface area contributed by atoms with Gasteiger partial charge in [-0.1, -0.05) is 61.7 Å². The van der Waals surface area contributed by atoms with Crippen molar-refractivity contribution in [1.82, 2.24) is 10.2 Å². The van der Waals surface area contributed by atoms with E-state index in [1.54, 1.807) is 18.2 Å². The maximum Gasteiger partial charge on any atom is 0.264 e. The van der Waals surface area contributed by atoms with Crippen LogP contribution >= 0.6 is 0 Å². The van der Waals surface area contributed by atoms with E-state index < -0.39 is 34.3 Å². The number of nitrogens with zero attached hydrogens (tertiary/aromatic N) is 2. The fourth-order valence-corrected chi connectivity index (χ4v) is 7.74. The fraction of sp³-hybridized carbons (Fsp3) is 0.333. The highest BCUT2D eigenvalue weighted by Crippen LogP contribution is 2.33. The molecule has 10 nitrogen and oxygen atoms in total. The largest absolute Gasteiger partial charge is 0.497 e. The number of nitrogens with one attached hydrogen (secondary N) is 1. The molecule has 51 heavy (non-hydrogen) atoms. The van der Waals surface area contributed by atoms with E-state index in [0.717, 1.165) is 54.1 Å². The molecule has 0 radical (unpaired) electrons. The zero-order valence-electron chi connectivity index (χ0n) is 29.1. The third-order valence-corrected chi connectivity index (χ3v) is 10.8. The van der Waals surface area contributed by atoms with Gasteiger partial charge >= 0.3 is 0 Å². The van der Waals surface area contributed by atoms with E-state index >= 15 is 0 Å². The molecular formula is C39H44FN3O7S. The zero-order chi connectivity index (χ0) is 36.4. The first-order valence-electron chi connectivity index (χ1n) is 16.9. The van der Waals surface area contributed by atoms with Crippen LogP contribution in [0.2, 0.25) is 0 Å². The maximum atomic E-state index is 14.8. The Morgan fingerprint density at radius 1 is 0.804 bits per heavy atom. The molecule has 0 aliphatic heterocycles. The van der Waals surface area contributed by atoms with Crippen molar-refractivity contribution in [2.75, 3.05) is 32.2 Å². The van der Waals surface area contributed by atoms with E-state index in [1.807, 2.05) is 36.4 Å². The summed E-state index contributed by atoms with van der Waals surface area (Å²) >= 11 is 0. The molecule has 1 aliphatic carbocycles. The van der Waals surface area contributed by atoms with Crippen molar-refractivity contribution in [3.63, 3.8) is 0 Å². The van der Waals surface area contributed by atoms with Crippen molar-refractivity contribution in [2.45, 2.75) is 62.0 Å². The van der Waals surface area contributed by atoms with Crippen LogP contribution < -0.4 is 23.8 Å². The number of ether oxygens (including phenoxy) is 3. The van der Waals surface area contributed by atoms with Crippen molar-refractivity contribution in [3.05, 3.63) is 114 Å². The second-order valence-electron chi connectivity index (χ2n) is 12.4.